The van der Waals surface area contributed by atoms with E-state index in [1.54, 1.807) is 6.07 Å². The van der Waals surface area contributed by atoms with Gasteiger partial charge in [-0.1, -0.05) is 26.0 Å². The zero-order chi connectivity index (χ0) is 26.1. The second kappa shape index (κ2) is 10.3. The van der Waals surface area contributed by atoms with Gasteiger partial charge < -0.3 is 14.5 Å². The third-order valence-electron chi connectivity index (χ3n) is 6.64. The zero-order valence-corrected chi connectivity index (χ0v) is 21.9. The molecule has 0 bridgehead atoms. The van der Waals surface area contributed by atoms with Crippen LogP contribution < -0.4 is 15.0 Å². The number of aromatic amines is 1. The van der Waals surface area contributed by atoms with Crippen LogP contribution in [0.25, 0.3) is 21.6 Å². The molecule has 2 heterocycles. The van der Waals surface area contributed by atoms with Crippen LogP contribution in [-0.2, 0) is 12.8 Å². The van der Waals surface area contributed by atoms with Gasteiger partial charge in [0.25, 0.3) is 11.2 Å². The number of nitro groups is 1. The molecule has 9 heteroatoms. The van der Waals surface area contributed by atoms with Crippen molar-refractivity contribution in [2.75, 3.05) is 13.2 Å². The third-order valence-corrected chi connectivity index (χ3v) is 7.83. The fourth-order valence-corrected chi connectivity index (χ4v) is 6.04. The van der Waals surface area contributed by atoms with E-state index in [1.165, 1.54) is 28.3 Å². The number of aromatic nitrogens is 2. The Morgan fingerprint density at radius 1 is 1.08 bits per heavy atom. The van der Waals surface area contributed by atoms with Gasteiger partial charge in [-0.2, -0.15) is 0 Å². The van der Waals surface area contributed by atoms with Gasteiger partial charge in [0, 0.05) is 17.0 Å². The van der Waals surface area contributed by atoms with Gasteiger partial charge in [0.05, 0.1) is 15.9 Å². The van der Waals surface area contributed by atoms with E-state index in [9.17, 15) is 14.9 Å². The van der Waals surface area contributed by atoms with Gasteiger partial charge >= 0.3 is 0 Å². The van der Waals surface area contributed by atoms with Gasteiger partial charge in [0.2, 0.25) is 0 Å². The van der Waals surface area contributed by atoms with Gasteiger partial charge in [-0.15, -0.1) is 11.3 Å². The Kier molecular flexibility index (Phi) is 6.97. The highest BCUT2D eigenvalue weighted by molar-refractivity contribution is 7.18. The predicted octanol–water partition coefficient (Wildman–Crippen LogP) is 6.33. The van der Waals surface area contributed by atoms with Crippen LogP contribution in [0.5, 0.6) is 11.5 Å². The molecule has 0 aliphatic heterocycles. The number of non-ortho nitro benzene ring substituents is 1. The number of benzene rings is 2. The van der Waals surface area contributed by atoms with Gasteiger partial charge in [-0.25, -0.2) is 4.98 Å². The molecule has 0 radical (unpaired) electrons. The van der Waals surface area contributed by atoms with E-state index in [2.05, 4.69) is 31.0 Å². The summed E-state index contributed by atoms with van der Waals surface area (Å²) >= 11 is 1.54. The van der Waals surface area contributed by atoms with Crippen LogP contribution in [0.2, 0.25) is 0 Å². The Morgan fingerprint density at radius 3 is 2.59 bits per heavy atom. The molecule has 0 saturated carbocycles. The molecule has 0 atom stereocenters. The molecule has 1 N–H and O–H groups in total. The predicted molar refractivity (Wildman–Crippen MR) is 145 cm³/mol. The van der Waals surface area contributed by atoms with Crippen molar-refractivity contribution in [3.05, 3.63) is 78.4 Å². The van der Waals surface area contributed by atoms with E-state index in [0.29, 0.717) is 34.1 Å². The van der Waals surface area contributed by atoms with Crippen molar-refractivity contribution in [3.8, 4) is 22.9 Å². The summed E-state index contributed by atoms with van der Waals surface area (Å²) in [5.74, 6) is 1.79. The van der Waals surface area contributed by atoms with Crippen molar-refractivity contribution in [1.29, 1.82) is 0 Å². The van der Waals surface area contributed by atoms with E-state index < -0.39 is 4.92 Å². The van der Waals surface area contributed by atoms with E-state index in [-0.39, 0.29) is 23.7 Å². The maximum Gasteiger partial charge on any atom is 0.270 e. The molecular formula is C28H29N3O5S. The van der Waals surface area contributed by atoms with Crippen molar-refractivity contribution < 1.29 is 14.4 Å². The van der Waals surface area contributed by atoms with Crippen molar-refractivity contribution in [1.82, 2.24) is 9.97 Å². The molecule has 1 aliphatic carbocycles. The standard InChI is InChI=1S/C28H29N3O5S/c1-16(2)19-10-8-17(3)14-23(19)36-13-12-35-22-11-9-18(31(33)34)15-21(22)26-29-27(32)25-20-6-4-5-7-24(20)37-28(25)30-26/h8-11,14-16H,4-7,12-13H2,1-3H3,(H,29,30,32). The fourth-order valence-electron chi connectivity index (χ4n) is 4.78. The molecule has 37 heavy (non-hydrogen) atoms. The Bertz CT molecular complexity index is 1540. The number of nitrogens with zero attached hydrogens (tertiary/aromatic N) is 2. The first kappa shape index (κ1) is 25.0. The van der Waals surface area contributed by atoms with Crippen molar-refractivity contribution in [2.24, 2.45) is 0 Å². The van der Waals surface area contributed by atoms with Crippen molar-refractivity contribution in [3.63, 3.8) is 0 Å². The summed E-state index contributed by atoms with van der Waals surface area (Å²) < 4.78 is 12.0. The fraction of sp³-hybridized carbons (Fsp3) is 0.357. The second-order valence-corrected chi connectivity index (χ2v) is 10.7. The largest absolute Gasteiger partial charge is 0.490 e. The Morgan fingerprint density at radius 2 is 1.84 bits per heavy atom. The highest BCUT2D eigenvalue weighted by atomic mass is 32.1. The Balaban J connectivity index is 1.43. The number of nitrogens with one attached hydrogen (secondary N) is 1. The molecule has 1 aliphatic rings. The number of aryl methyl sites for hydroxylation is 3. The number of ether oxygens (including phenoxy) is 2. The first-order valence-corrected chi connectivity index (χ1v) is 13.3. The summed E-state index contributed by atoms with van der Waals surface area (Å²) in [6, 6.07) is 10.5. The maximum absolute atomic E-state index is 13.1. The minimum absolute atomic E-state index is 0.104. The van der Waals surface area contributed by atoms with E-state index >= 15 is 0 Å². The molecule has 4 aromatic rings. The normalized spacial score (nSPS) is 13.1. The Hall–Kier alpha value is -3.72. The summed E-state index contributed by atoms with van der Waals surface area (Å²) in [6.45, 7) is 6.76. The van der Waals surface area contributed by atoms with Crippen LogP contribution in [-0.4, -0.2) is 28.1 Å². The summed E-state index contributed by atoms with van der Waals surface area (Å²) in [6.07, 6.45) is 4.00. The summed E-state index contributed by atoms with van der Waals surface area (Å²) in [5, 5.41) is 12.1. The Labute approximate surface area is 218 Å². The summed E-state index contributed by atoms with van der Waals surface area (Å²) in [7, 11) is 0. The first-order chi connectivity index (χ1) is 17.8. The minimum atomic E-state index is -0.470. The van der Waals surface area contributed by atoms with Gasteiger partial charge in [0.15, 0.2) is 0 Å². The van der Waals surface area contributed by atoms with E-state index in [1.807, 2.05) is 13.0 Å². The second-order valence-electron chi connectivity index (χ2n) is 9.64. The van der Waals surface area contributed by atoms with Crippen molar-refractivity contribution >= 4 is 27.2 Å². The van der Waals surface area contributed by atoms with Crippen LogP contribution >= 0.6 is 11.3 Å². The highest BCUT2D eigenvalue weighted by Crippen LogP contribution is 2.36. The monoisotopic (exact) mass is 519 g/mol. The smallest absolute Gasteiger partial charge is 0.270 e. The number of rotatable bonds is 8. The average molecular weight is 520 g/mol. The lowest BCUT2D eigenvalue weighted by atomic mass is 9.97. The van der Waals surface area contributed by atoms with Gasteiger partial charge in [-0.05, 0) is 67.3 Å². The third kappa shape index (κ3) is 5.09. The summed E-state index contributed by atoms with van der Waals surface area (Å²) in [5.41, 5.74) is 3.37. The molecule has 8 nitrogen and oxygen atoms in total. The van der Waals surface area contributed by atoms with Crippen LogP contribution in [0.1, 0.15) is 54.2 Å². The van der Waals surface area contributed by atoms with Gasteiger partial charge in [-0.3, -0.25) is 14.9 Å². The van der Waals surface area contributed by atoms with Crippen LogP contribution in [0, 0.1) is 17.0 Å². The van der Waals surface area contributed by atoms with E-state index in [0.717, 1.165) is 48.1 Å². The average Bonchev–Trinajstić information content (AvgIpc) is 3.25. The topological polar surface area (TPSA) is 107 Å². The molecule has 0 spiro atoms. The minimum Gasteiger partial charge on any atom is -0.490 e. The molecule has 192 valence electrons. The van der Waals surface area contributed by atoms with Gasteiger partial charge in [0.1, 0.15) is 35.4 Å². The zero-order valence-electron chi connectivity index (χ0n) is 21.1. The van der Waals surface area contributed by atoms with Crippen LogP contribution in [0.15, 0.2) is 41.2 Å². The maximum atomic E-state index is 13.1. The quantitative estimate of drug-likeness (QED) is 0.166. The lowest BCUT2D eigenvalue weighted by Gasteiger charge is -2.16. The molecule has 0 saturated heterocycles. The molecular weight excluding hydrogens is 490 g/mol. The van der Waals surface area contributed by atoms with Crippen LogP contribution in [0.4, 0.5) is 5.69 Å². The number of thiophene rings is 1. The molecule has 0 fully saturated rings. The van der Waals surface area contributed by atoms with Crippen molar-refractivity contribution in [2.45, 2.75) is 52.4 Å². The lowest BCUT2D eigenvalue weighted by molar-refractivity contribution is -0.384. The number of hydrogen-bond donors (Lipinski definition) is 1. The lowest BCUT2D eigenvalue weighted by Crippen LogP contribution is -2.13. The molecule has 0 amide bonds. The van der Waals surface area contributed by atoms with E-state index in [4.69, 9.17) is 14.5 Å². The summed E-state index contributed by atoms with van der Waals surface area (Å²) in [4.78, 5) is 33.6. The molecule has 2 aromatic heterocycles. The number of H-pyrrole nitrogens is 1. The molecule has 0 unspecified atom stereocenters. The molecule has 2 aromatic carbocycles. The van der Waals surface area contributed by atoms with Crippen LogP contribution in [0.3, 0.4) is 0 Å². The first-order valence-electron chi connectivity index (χ1n) is 12.5. The SMILES string of the molecule is Cc1ccc(C(C)C)c(OCCOc2ccc([N+](=O)[O-])cc2-c2nc3sc4c(c3c(=O)[nH]2)CCCC4)c1. The number of fused-ring (bicyclic) bond motifs is 3. The molecule has 5 rings (SSSR count). The highest BCUT2D eigenvalue weighted by Gasteiger charge is 2.22. The number of hydrogen-bond acceptors (Lipinski definition) is 7. The number of nitro benzene ring substituents is 1.